The lowest BCUT2D eigenvalue weighted by Crippen LogP contribution is -2.39. The van der Waals surface area contributed by atoms with Crippen molar-refractivity contribution in [2.24, 2.45) is 5.92 Å². The van der Waals surface area contributed by atoms with Gasteiger partial charge in [0.15, 0.2) is 0 Å². The molecule has 0 spiro atoms. The van der Waals surface area contributed by atoms with Crippen LogP contribution in [0, 0.1) is 16.0 Å². The van der Waals surface area contributed by atoms with Crippen LogP contribution >= 0.6 is 0 Å². The molecule has 1 aromatic rings. The summed E-state index contributed by atoms with van der Waals surface area (Å²) in [5.41, 5.74) is 0.0981. The standard InChI is InChI=1S/C15H20N2O4/c1-10-5-3-4-6-13(10)16(2)11-7-8-14(17(20)21)12(9-11)15(18)19/h7-10,13H,3-6H2,1-2H3,(H,18,19). The van der Waals surface area contributed by atoms with Crippen LogP contribution in [0.2, 0.25) is 0 Å². The van der Waals surface area contributed by atoms with Gasteiger partial charge in [-0.2, -0.15) is 0 Å². The second-order valence-electron chi connectivity index (χ2n) is 5.70. The summed E-state index contributed by atoms with van der Waals surface area (Å²) < 4.78 is 0. The Hall–Kier alpha value is -2.11. The molecule has 0 heterocycles. The normalized spacial score (nSPS) is 21.8. The van der Waals surface area contributed by atoms with Gasteiger partial charge in [-0.3, -0.25) is 10.1 Å². The Balaban J connectivity index is 2.33. The first kappa shape index (κ1) is 15.3. The van der Waals surface area contributed by atoms with E-state index in [1.54, 1.807) is 6.07 Å². The Bertz CT molecular complexity index is 559. The van der Waals surface area contributed by atoms with Gasteiger partial charge in [-0.15, -0.1) is 0 Å². The molecule has 1 aliphatic rings. The summed E-state index contributed by atoms with van der Waals surface area (Å²) in [6, 6.07) is 4.66. The van der Waals surface area contributed by atoms with Gasteiger partial charge in [-0.1, -0.05) is 19.8 Å². The van der Waals surface area contributed by atoms with Gasteiger partial charge in [0.05, 0.1) is 4.92 Å². The van der Waals surface area contributed by atoms with Crippen molar-refractivity contribution in [1.29, 1.82) is 0 Å². The van der Waals surface area contributed by atoms with E-state index in [2.05, 4.69) is 11.8 Å². The zero-order valence-corrected chi connectivity index (χ0v) is 12.3. The van der Waals surface area contributed by atoms with Crippen molar-refractivity contribution >= 4 is 17.3 Å². The molecule has 6 heteroatoms. The van der Waals surface area contributed by atoms with Crippen molar-refractivity contribution in [2.75, 3.05) is 11.9 Å². The number of benzene rings is 1. The second-order valence-corrected chi connectivity index (χ2v) is 5.70. The van der Waals surface area contributed by atoms with Crippen molar-refractivity contribution in [3.63, 3.8) is 0 Å². The van der Waals surface area contributed by atoms with Gasteiger partial charge in [-0.25, -0.2) is 4.79 Å². The highest BCUT2D eigenvalue weighted by Crippen LogP contribution is 2.32. The number of nitrogens with zero attached hydrogens (tertiary/aromatic N) is 2. The molecule has 114 valence electrons. The largest absolute Gasteiger partial charge is 0.477 e. The van der Waals surface area contributed by atoms with Crippen LogP contribution in [0.15, 0.2) is 18.2 Å². The molecule has 2 unspecified atom stereocenters. The molecule has 0 aromatic heterocycles. The zero-order chi connectivity index (χ0) is 15.6. The Morgan fingerprint density at radius 1 is 1.38 bits per heavy atom. The molecule has 2 rings (SSSR count). The summed E-state index contributed by atoms with van der Waals surface area (Å²) in [5, 5.41) is 20.0. The van der Waals surface area contributed by atoms with Crippen molar-refractivity contribution in [3.8, 4) is 0 Å². The lowest BCUT2D eigenvalue weighted by Gasteiger charge is -2.37. The smallest absolute Gasteiger partial charge is 0.342 e. The number of nitro groups is 1. The topological polar surface area (TPSA) is 83.7 Å². The monoisotopic (exact) mass is 292 g/mol. The van der Waals surface area contributed by atoms with E-state index in [-0.39, 0.29) is 11.3 Å². The average Bonchev–Trinajstić information content (AvgIpc) is 2.46. The minimum absolute atomic E-state index is 0.257. The van der Waals surface area contributed by atoms with Gasteiger partial charge < -0.3 is 10.0 Å². The van der Waals surface area contributed by atoms with E-state index in [0.717, 1.165) is 24.9 Å². The number of carboxylic acid groups (broad SMARTS) is 1. The Morgan fingerprint density at radius 3 is 2.62 bits per heavy atom. The molecule has 1 aliphatic carbocycles. The highest BCUT2D eigenvalue weighted by Gasteiger charge is 2.27. The van der Waals surface area contributed by atoms with E-state index in [1.165, 1.54) is 18.6 Å². The van der Waals surface area contributed by atoms with Gasteiger partial charge >= 0.3 is 5.97 Å². The molecule has 0 bridgehead atoms. The van der Waals surface area contributed by atoms with E-state index in [1.807, 2.05) is 7.05 Å². The predicted octanol–water partition coefficient (Wildman–Crippen LogP) is 3.31. The maximum absolute atomic E-state index is 11.2. The minimum Gasteiger partial charge on any atom is -0.477 e. The first-order valence-electron chi connectivity index (χ1n) is 7.16. The first-order valence-corrected chi connectivity index (χ1v) is 7.16. The molecule has 0 aliphatic heterocycles. The van der Waals surface area contributed by atoms with Crippen LogP contribution in [0.3, 0.4) is 0 Å². The third kappa shape index (κ3) is 3.15. The second kappa shape index (κ2) is 6.11. The molecule has 21 heavy (non-hydrogen) atoms. The molecule has 0 amide bonds. The summed E-state index contributed by atoms with van der Waals surface area (Å²) in [7, 11) is 1.93. The number of nitro benzene ring substituents is 1. The van der Waals surface area contributed by atoms with Crippen LogP contribution in [0.25, 0.3) is 0 Å². The van der Waals surface area contributed by atoms with Crippen LogP contribution in [0.1, 0.15) is 43.0 Å². The fraction of sp³-hybridized carbons (Fsp3) is 0.533. The van der Waals surface area contributed by atoms with Crippen LogP contribution in [-0.2, 0) is 0 Å². The predicted molar refractivity (Wildman–Crippen MR) is 79.9 cm³/mol. The number of aromatic carboxylic acids is 1. The minimum atomic E-state index is -1.27. The SMILES string of the molecule is CC1CCCCC1N(C)c1ccc([N+](=O)[O-])c(C(=O)O)c1. The molecular formula is C15H20N2O4. The van der Waals surface area contributed by atoms with Crippen LogP contribution in [-0.4, -0.2) is 29.1 Å². The Morgan fingerprint density at radius 2 is 2.05 bits per heavy atom. The molecule has 6 nitrogen and oxygen atoms in total. The molecule has 1 N–H and O–H groups in total. The molecule has 1 saturated carbocycles. The number of hydrogen-bond acceptors (Lipinski definition) is 4. The fourth-order valence-electron chi connectivity index (χ4n) is 3.14. The van der Waals surface area contributed by atoms with E-state index in [4.69, 9.17) is 5.11 Å². The Labute approximate surface area is 123 Å². The van der Waals surface area contributed by atoms with Crippen molar-refractivity contribution < 1.29 is 14.8 Å². The summed E-state index contributed by atoms with van der Waals surface area (Å²) in [4.78, 5) is 23.5. The molecule has 0 radical (unpaired) electrons. The number of anilines is 1. The van der Waals surface area contributed by atoms with Crippen LogP contribution in [0.4, 0.5) is 11.4 Å². The summed E-state index contributed by atoms with van der Waals surface area (Å²) >= 11 is 0. The summed E-state index contributed by atoms with van der Waals surface area (Å²) in [6.07, 6.45) is 4.62. The molecule has 0 saturated heterocycles. The van der Waals surface area contributed by atoms with Crippen LogP contribution < -0.4 is 4.90 Å². The van der Waals surface area contributed by atoms with Gasteiger partial charge in [0.25, 0.3) is 5.69 Å². The number of carboxylic acids is 1. The number of carbonyl (C=O) groups is 1. The zero-order valence-electron chi connectivity index (χ0n) is 12.3. The van der Waals surface area contributed by atoms with Crippen molar-refractivity contribution in [3.05, 3.63) is 33.9 Å². The van der Waals surface area contributed by atoms with Crippen molar-refractivity contribution in [2.45, 2.75) is 38.6 Å². The first-order chi connectivity index (χ1) is 9.91. The average molecular weight is 292 g/mol. The number of rotatable bonds is 4. The lowest BCUT2D eigenvalue weighted by molar-refractivity contribution is -0.385. The van der Waals surface area contributed by atoms with E-state index in [0.29, 0.717) is 12.0 Å². The number of hydrogen-bond donors (Lipinski definition) is 1. The van der Waals surface area contributed by atoms with Crippen LogP contribution in [0.5, 0.6) is 0 Å². The fourth-order valence-corrected chi connectivity index (χ4v) is 3.14. The van der Waals surface area contributed by atoms with Gasteiger partial charge in [0.1, 0.15) is 5.56 Å². The maximum Gasteiger partial charge on any atom is 0.342 e. The van der Waals surface area contributed by atoms with E-state index >= 15 is 0 Å². The van der Waals surface area contributed by atoms with Gasteiger partial charge in [-0.05, 0) is 30.9 Å². The Kier molecular flexibility index (Phi) is 4.45. The highest BCUT2D eigenvalue weighted by molar-refractivity contribution is 5.93. The summed E-state index contributed by atoms with van der Waals surface area (Å²) in [6.45, 7) is 2.20. The molecule has 2 atom stereocenters. The molecular weight excluding hydrogens is 272 g/mol. The molecule has 1 fully saturated rings. The van der Waals surface area contributed by atoms with E-state index in [9.17, 15) is 14.9 Å². The lowest BCUT2D eigenvalue weighted by atomic mass is 9.85. The quantitative estimate of drug-likeness (QED) is 0.680. The van der Waals surface area contributed by atoms with E-state index < -0.39 is 10.9 Å². The van der Waals surface area contributed by atoms with Gasteiger partial charge in [0.2, 0.25) is 0 Å². The third-order valence-corrected chi connectivity index (χ3v) is 4.38. The maximum atomic E-state index is 11.2. The summed E-state index contributed by atoms with van der Waals surface area (Å²) in [5.74, 6) is -0.735. The highest BCUT2D eigenvalue weighted by atomic mass is 16.6. The molecule has 1 aromatic carbocycles. The van der Waals surface area contributed by atoms with Gasteiger partial charge in [0, 0.05) is 24.8 Å². The third-order valence-electron chi connectivity index (χ3n) is 4.38. The van der Waals surface area contributed by atoms with Crippen molar-refractivity contribution in [1.82, 2.24) is 0 Å².